The van der Waals surface area contributed by atoms with Crippen molar-refractivity contribution in [2.24, 2.45) is 0 Å². The van der Waals surface area contributed by atoms with Gasteiger partial charge in [-0.1, -0.05) is 11.6 Å². The average molecular weight is 288 g/mol. The summed E-state index contributed by atoms with van der Waals surface area (Å²) in [5, 5.41) is 5.09. The summed E-state index contributed by atoms with van der Waals surface area (Å²) in [4.78, 5) is 23.0. The van der Waals surface area contributed by atoms with Crippen molar-refractivity contribution in [3.63, 3.8) is 0 Å². The van der Waals surface area contributed by atoms with Crippen LogP contribution in [0.3, 0.4) is 0 Å². The van der Waals surface area contributed by atoms with E-state index in [-0.39, 0.29) is 12.3 Å². The zero-order valence-corrected chi connectivity index (χ0v) is 11.4. The Balaban J connectivity index is 2.39. The zero-order valence-electron chi connectivity index (χ0n) is 9.83. The molecule has 3 amide bonds. The lowest BCUT2D eigenvalue weighted by Crippen LogP contribution is -2.37. The molecule has 4 N–H and O–H groups in total. The van der Waals surface area contributed by atoms with Gasteiger partial charge in [-0.25, -0.2) is 4.79 Å². The highest BCUT2D eigenvalue weighted by Gasteiger charge is 2.07. The number of amides is 3. The van der Waals surface area contributed by atoms with Gasteiger partial charge in [-0.15, -0.1) is 11.8 Å². The van der Waals surface area contributed by atoms with Crippen molar-refractivity contribution in [2.45, 2.75) is 11.3 Å². The maximum Gasteiger partial charge on any atom is 0.321 e. The Morgan fingerprint density at radius 1 is 1.44 bits per heavy atom. The number of carbonyl (C=O) groups is 2. The number of urea groups is 1. The topological polar surface area (TPSA) is 84.2 Å². The molecule has 0 aliphatic rings. The van der Waals surface area contributed by atoms with Crippen molar-refractivity contribution in [1.82, 2.24) is 10.6 Å². The highest BCUT2D eigenvalue weighted by atomic mass is 35.5. The highest BCUT2D eigenvalue weighted by Crippen LogP contribution is 2.29. The molecule has 0 bridgehead atoms. The predicted octanol–water partition coefficient (Wildman–Crippen LogP) is 1.86. The first-order valence-corrected chi connectivity index (χ1v) is 6.58. The van der Waals surface area contributed by atoms with Gasteiger partial charge in [-0.2, -0.15) is 0 Å². The molecule has 1 aromatic carbocycles. The Bertz CT molecular complexity index is 454. The van der Waals surface area contributed by atoms with Crippen LogP contribution >= 0.6 is 23.4 Å². The minimum absolute atomic E-state index is 0.225. The van der Waals surface area contributed by atoms with Crippen LogP contribution in [0.1, 0.15) is 6.42 Å². The second-order valence-electron chi connectivity index (χ2n) is 3.42. The number of hydrogen-bond donors (Lipinski definition) is 3. The number of carbonyl (C=O) groups excluding carboxylic acids is 2. The summed E-state index contributed by atoms with van der Waals surface area (Å²) >= 11 is 7.40. The quantitative estimate of drug-likeness (QED) is 0.583. The van der Waals surface area contributed by atoms with Crippen LogP contribution in [-0.4, -0.2) is 24.7 Å². The van der Waals surface area contributed by atoms with Crippen LogP contribution in [0.15, 0.2) is 23.1 Å². The van der Waals surface area contributed by atoms with E-state index >= 15 is 0 Å². The van der Waals surface area contributed by atoms with Crippen LogP contribution in [0.25, 0.3) is 0 Å². The summed E-state index contributed by atoms with van der Waals surface area (Å²) < 4.78 is 0. The van der Waals surface area contributed by atoms with E-state index in [0.29, 0.717) is 16.5 Å². The molecule has 0 heterocycles. The lowest BCUT2D eigenvalue weighted by molar-refractivity contribution is -0.119. The Morgan fingerprint density at radius 2 is 2.17 bits per heavy atom. The second kappa shape index (κ2) is 7.13. The van der Waals surface area contributed by atoms with Gasteiger partial charge in [-0.05, 0) is 18.2 Å². The van der Waals surface area contributed by atoms with E-state index in [0.717, 1.165) is 4.90 Å². The number of rotatable bonds is 4. The summed E-state index contributed by atoms with van der Waals surface area (Å²) in [5.41, 5.74) is 6.26. The molecular weight excluding hydrogens is 274 g/mol. The molecule has 0 aromatic heterocycles. The molecule has 0 saturated carbocycles. The lowest BCUT2D eigenvalue weighted by Gasteiger charge is -2.05. The van der Waals surface area contributed by atoms with Crippen molar-refractivity contribution in [1.29, 1.82) is 0 Å². The largest absolute Gasteiger partial charge is 0.399 e. The molecule has 0 atom stereocenters. The molecule has 0 saturated heterocycles. The third kappa shape index (κ3) is 4.85. The van der Waals surface area contributed by atoms with E-state index < -0.39 is 6.03 Å². The Morgan fingerprint density at radius 3 is 2.83 bits per heavy atom. The summed E-state index contributed by atoms with van der Waals surface area (Å²) in [6.07, 6.45) is 0.225. The average Bonchev–Trinajstić information content (AvgIpc) is 2.33. The lowest BCUT2D eigenvalue weighted by atomic mass is 10.3. The van der Waals surface area contributed by atoms with E-state index in [9.17, 15) is 9.59 Å². The molecular formula is C11H14ClN3O2S. The first-order valence-electron chi connectivity index (χ1n) is 5.22. The molecule has 7 heteroatoms. The number of nitrogens with one attached hydrogen (secondary N) is 2. The molecule has 18 heavy (non-hydrogen) atoms. The second-order valence-corrected chi connectivity index (χ2v) is 4.96. The summed E-state index contributed by atoms with van der Waals surface area (Å²) in [7, 11) is 1.45. The minimum atomic E-state index is -0.507. The van der Waals surface area contributed by atoms with Gasteiger partial charge in [0.1, 0.15) is 0 Å². The fourth-order valence-electron chi connectivity index (χ4n) is 1.14. The number of nitrogen functional groups attached to an aromatic ring is 1. The summed E-state index contributed by atoms with van der Waals surface area (Å²) in [6.45, 7) is 0. The summed E-state index contributed by atoms with van der Waals surface area (Å²) in [5.74, 6) is 0.188. The van der Waals surface area contributed by atoms with E-state index in [1.807, 2.05) is 0 Å². The third-order valence-electron chi connectivity index (χ3n) is 2.02. The van der Waals surface area contributed by atoms with Gasteiger partial charge in [0, 0.05) is 29.8 Å². The smallest absolute Gasteiger partial charge is 0.321 e. The molecule has 0 aliphatic carbocycles. The molecule has 0 aliphatic heterocycles. The number of benzene rings is 1. The Labute approximate surface area is 114 Å². The molecule has 0 unspecified atom stereocenters. The van der Waals surface area contributed by atoms with Crippen molar-refractivity contribution in [3.05, 3.63) is 23.2 Å². The number of nitrogens with two attached hydrogens (primary N) is 1. The van der Waals surface area contributed by atoms with Gasteiger partial charge >= 0.3 is 6.03 Å². The van der Waals surface area contributed by atoms with Crippen molar-refractivity contribution < 1.29 is 9.59 Å². The van der Waals surface area contributed by atoms with E-state index in [4.69, 9.17) is 17.3 Å². The molecule has 98 valence electrons. The summed E-state index contributed by atoms with van der Waals surface area (Å²) in [6, 6.07) is 4.67. The third-order valence-corrected chi connectivity index (χ3v) is 3.52. The highest BCUT2D eigenvalue weighted by molar-refractivity contribution is 7.99. The molecule has 0 spiro atoms. The fourth-order valence-corrected chi connectivity index (χ4v) is 2.35. The Kier molecular flexibility index (Phi) is 5.80. The monoisotopic (exact) mass is 287 g/mol. The number of thioether (sulfide) groups is 1. The first-order chi connectivity index (χ1) is 8.52. The maximum absolute atomic E-state index is 11.3. The molecule has 0 fully saturated rings. The van der Waals surface area contributed by atoms with Crippen LogP contribution in [0.5, 0.6) is 0 Å². The van der Waals surface area contributed by atoms with E-state index in [2.05, 4.69) is 10.6 Å². The molecule has 0 radical (unpaired) electrons. The van der Waals surface area contributed by atoms with Crippen LogP contribution in [-0.2, 0) is 4.79 Å². The van der Waals surface area contributed by atoms with Gasteiger partial charge in [0.2, 0.25) is 5.91 Å². The molecule has 1 rings (SSSR count). The van der Waals surface area contributed by atoms with Gasteiger partial charge in [0.15, 0.2) is 0 Å². The van der Waals surface area contributed by atoms with Gasteiger partial charge < -0.3 is 11.1 Å². The molecule has 1 aromatic rings. The minimum Gasteiger partial charge on any atom is -0.399 e. The zero-order chi connectivity index (χ0) is 13.5. The number of anilines is 1. The number of halogens is 1. The van der Waals surface area contributed by atoms with Crippen LogP contribution < -0.4 is 16.4 Å². The van der Waals surface area contributed by atoms with Crippen molar-refractivity contribution >= 4 is 41.0 Å². The van der Waals surface area contributed by atoms with Crippen LogP contribution in [0.2, 0.25) is 5.02 Å². The van der Waals surface area contributed by atoms with Crippen LogP contribution in [0, 0.1) is 0 Å². The van der Waals surface area contributed by atoms with Crippen molar-refractivity contribution in [3.8, 4) is 0 Å². The van der Waals surface area contributed by atoms with Gasteiger partial charge in [0.25, 0.3) is 0 Å². The maximum atomic E-state index is 11.3. The fraction of sp³-hybridized carbons (Fsp3) is 0.273. The van der Waals surface area contributed by atoms with E-state index in [1.165, 1.54) is 18.8 Å². The van der Waals surface area contributed by atoms with Crippen molar-refractivity contribution in [2.75, 3.05) is 18.5 Å². The van der Waals surface area contributed by atoms with E-state index in [1.54, 1.807) is 18.2 Å². The predicted molar refractivity (Wildman–Crippen MR) is 73.8 cm³/mol. The first kappa shape index (κ1) is 14.7. The number of hydrogen-bond acceptors (Lipinski definition) is 4. The molecule has 5 nitrogen and oxygen atoms in total. The SMILES string of the molecule is CNC(=O)NC(=O)CCSc1cc(N)ccc1Cl. The van der Waals surface area contributed by atoms with Crippen LogP contribution in [0.4, 0.5) is 10.5 Å². The Hall–Kier alpha value is -1.40. The number of imide groups is 1. The van der Waals surface area contributed by atoms with Gasteiger partial charge in [-0.3, -0.25) is 10.1 Å². The normalized spacial score (nSPS) is 9.89. The standard InChI is InChI=1S/C11H14ClN3O2S/c1-14-11(17)15-10(16)4-5-18-9-6-7(13)2-3-8(9)12/h2-3,6H,4-5,13H2,1H3,(H2,14,15,16,17). The van der Waals surface area contributed by atoms with Gasteiger partial charge in [0.05, 0.1) is 5.02 Å².